The highest BCUT2D eigenvalue weighted by molar-refractivity contribution is 7.04. The van der Waals surface area contributed by atoms with Crippen LogP contribution in [-0.4, -0.2) is 20.1 Å². The number of rotatable bonds is 4. The van der Waals surface area contributed by atoms with Gasteiger partial charge in [-0.2, -0.15) is 0 Å². The molecule has 0 N–H and O–H groups in total. The Morgan fingerprint density at radius 1 is 0.244 bits per heavy atom. The first kappa shape index (κ1) is 43.6. The summed E-state index contributed by atoms with van der Waals surface area (Å²) in [5.74, 6) is 3.56. The molecule has 0 saturated heterocycles. The molecule has 0 aromatic heterocycles. The molecule has 11 aromatic carbocycles. The zero-order valence-electron chi connectivity index (χ0n) is 43.3. The maximum atomic E-state index is 7.46. The first-order chi connectivity index (χ1) is 38.4. The van der Waals surface area contributed by atoms with Crippen molar-refractivity contribution in [2.75, 3.05) is 19.6 Å². The van der Waals surface area contributed by atoms with Crippen LogP contribution < -0.4 is 78.2 Å². The standard InChI is InChI=1S/C69H47B3N4O2/c1-42-32-59-67-60(33-42)74(46-22-10-5-11-23-46)56-40-57-52(38-51(56)70(67)49-28-16-18-30-55(49)73(59)45-20-8-4-9-21-45)72-54-39-53-58(41-64(54)78-66-37-44(3)35-62(69(66)72)75(57)47-24-12-6-13-25-47)76(48-26-14-7-15-27-48)61-34-43(2)36-65-68(61)71(53)50-29-17-19-31-63(50)77-65/h4-41H,1-3H3. The van der Waals surface area contributed by atoms with Crippen LogP contribution in [0.5, 0.6) is 23.0 Å². The van der Waals surface area contributed by atoms with Crippen molar-refractivity contribution in [3.8, 4) is 23.0 Å². The van der Waals surface area contributed by atoms with Gasteiger partial charge in [0.2, 0.25) is 0 Å². The number of aryl methyl sites for hydroxylation is 3. The first-order valence-corrected chi connectivity index (χ1v) is 27.2. The summed E-state index contributed by atoms with van der Waals surface area (Å²) in [5.41, 5.74) is 28.2. The quantitative estimate of drug-likeness (QED) is 0.163. The fourth-order valence-electron chi connectivity index (χ4n) is 14.2. The lowest BCUT2D eigenvalue weighted by Gasteiger charge is -2.46. The SMILES string of the molecule is Cc1cc2c3c(c1)N(c1ccccc1)c1cc4c(cc1B3c1ccccc1O2)B1c2cc3c(cc2N(c2ccccc2)c2cc(C)cc(c21)O4)N(c1ccccc1)c1cc(C)cc2c1B3c1ccccc1N2c1ccccc1. The number of hydrogen-bond donors (Lipinski definition) is 0. The van der Waals surface area contributed by atoms with Crippen LogP contribution in [0.2, 0.25) is 0 Å². The highest BCUT2D eigenvalue weighted by atomic mass is 16.5. The molecule has 78 heavy (non-hydrogen) atoms. The van der Waals surface area contributed by atoms with Gasteiger partial charge in [-0.25, -0.2) is 0 Å². The van der Waals surface area contributed by atoms with Gasteiger partial charge in [-0.1, -0.05) is 121 Å². The van der Waals surface area contributed by atoms with E-state index in [1.165, 1.54) is 66.6 Å². The summed E-state index contributed by atoms with van der Waals surface area (Å²) in [6.07, 6.45) is 0. The fourth-order valence-corrected chi connectivity index (χ4v) is 14.2. The Labute approximate surface area is 455 Å². The Morgan fingerprint density at radius 2 is 0.603 bits per heavy atom. The van der Waals surface area contributed by atoms with Crippen LogP contribution in [0.3, 0.4) is 0 Å². The van der Waals surface area contributed by atoms with E-state index in [1.54, 1.807) is 0 Å². The van der Waals surface area contributed by atoms with Gasteiger partial charge >= 0.3 is 0 Å². The van der Waals surface area contributed by atoms with Gasteiger partial charge in [-0.15, -0.1) is 0 Å². The van der Waals surface area contributed by atoms with Crippen LogP contribution in [0.1, 0.15) is 16.7 Å². The van der Waals surface area contributed by atoms with Gasteiger partial charge in [-0.3, -0.25) is 0 Å². The van der Waals surface area contributed by atoms with Gasteiger partial charge in [0.1, 0.15) is 23.0 Å². The summed E-state index contributed by atoms with van der Waals surface area (Å²) in [7, 11) is 0. The molecule has 11 aromatic rings. The predicted octanol–water partition coefficient (Wildman–Crippen LogP) is 11.5. The first-order valence-electron chi connectivity index (χ1n) is 27.2. The monoisotopic (exact) mass is 996 g/mol. The minimum atomic E-state index is -0.187. The molecule has 6 heterocycles. The van der Waals surface area contributed by atoms with Crippen LogP contribution in [0.15, 0.2) is 231 Å². The Hall–Kier alpha value is -9.59. The van der Waals surface area contributed by atoms with Gasteiger partial charge in [0, 0.05) is 74.3 Å². The molecule has 0 aliphatic carbocycles. The topological polar surface area (TPSA) is 31.4 Å². The largest absolute Gasteiger partial charge is 0.458 e. The maximum absolute atomic E-state index is 7.46. The summed E-state index contributed by atoms with van der Waals surface area (Å²) in [4.78, 5) is 9.98. The van der Waals surface area contributed by atoms with E-state index in [9.17, 15) is 0 Å². The minimum absolute atomic E-state index is 0.0736. The summed E-state index contributed by atoms with van der Waals surface area (Å²) in [6, 6.07) is 85.3. The lowest BCUT2D eigenvalue weighted by molar-refractivity contribution is 0.486. The number of ether oxygens (including phenoxy) is 2. The van der Waals surface area contributed by atoms with Crippen LogP contribution in [0, 0.1) is 20.8 Å². The number of nitrogens with zero attached hydrogens (tertiary/aromatic N) is 4. The normalized spacial score (nSPS) is 14.1. The number of benzene rings is 11. The van der Waals surface area contributed by atoms with Crippen LogP contribution >= 0.6 is 0 Å². The molecule has 17 rings (SSSR count). The highest BCUT2D eigenvalue weighted by Crippen LogP contribution is 2.49. The molecule has 0 atom stereocenters. The Morgan fingerprint density at radius 3 is 1.12 bits per heavy atom. The van der Waals surface area contributed by atoms with Crippen molar-refractivity contribution in [2.24, 2.45) is 0 Å². The average molecular weight is 997 g/mol. The number of fused-ring (bicyclic) bond motifs is 12. The molecule has 0 saturated carbocycles. The molecule has 0 spiro atoms. The van der Waals surface area contributed by atoms with Crippen molar-refractivity contribution in [1.82, 2.24) is 0 Å². The van der Waals surface area contributed by atoms with Crippen molar-refractivity contribution in [3.63, 3.8) is 0 Å². The lowest BCUT2D eigenvalue weighted by atomic mass is 9.29. The third-order valence-corrected chi connectivity index (χ3v) is 17.2. The minimum Gasteiger partial charge on any atom is -0.458 e. The van der Waals surface area contributed by atoms with Gasteiger partial charge < -0.3 is 29.1 Å². The van der Waals surface area contributed by atoms with Crippen molar-refractivity contribution < 1.29 is 9.47 Å². The summed E-state index contributed by atoms with van der Waals surface area (Å²) < 4.78 is 14.4. The van der Waals surface area contributed by atoms with E-state index in [-0.39, 0.29) is 20.1 Å². The molecule has 6 nitrogen and oxygen atoms in total. The summed E-state index contributed by atoms with van der Waals surface area (Å²) in [6.45, 7) is 6.27. The van der Waals surface area contributed by atoms with Crippen molar-refractivity contribution >= 4 is 138 Å². The molecular formula is C69H47B3N4O2. The molecule has 9 heteroatoms. The van der Waals surface area contributed by atoms with Crippen molar-refractivity contribution in [3.05, 3.63) is 247 Å². The predicted molar refractivity (Wildman–Crippen MR) is 326 cm³/mol. The lowest BCUT2D eigenvalue weighted by Crippen LogP contribution is -2.65. The second-order valence-electron chi connectivity index (χ2n) is 21.8. The Balaban J connectivity index is 0.976. The molecule has 0 unspecified atom stereocenters. The number of para-hydroxylation sites is 6. The Kier molecular flexibility index (Phi) is 9.07. The van der Waals surface area contributed by atoms with Gasteiger partial charge in [-0.05, 0) is 190 Å². The second-order valence-corrected chi connectivity index (χ2v) is 21.8. The number of hydrogen-bond acceptors (Lipinski definition) is 6. The maximum Gasteiger partial charge on any atom is 0.256 e. The zero-order valence-corrected chi connectivity index (χ0v) is 43.3. The Bertz CT molecular complexity index is 4370. The van der Waals surface area contributed by atoms with E-state index in [0.29, 0.717) is 0 Å². The molecule has 0 bridgehead atoms. The van der Waals surface area contributed by atoms with Gasteiger partial charge in [0.15, 0.2) is 0 Å². The van der Waals surface area contributed by atoms with E-state index < -0.39 is 0 Å². The second kappa shape index (κ2) is 16.2. The zero-order chi connectivity index (χ0) is 51.5. The van der Waals surface area contributed by atoms with Crippen LogP contribution in [0.25, 0.3) is 0 Å². The van der Waals surface area contributed by atoms with E-state index in [1.807, 2.05) is 0 Å². The van der Waals surface area contributed by atoms with Crippen molar-refractivity contribution in [2.45, 2.75) is 20.8 Å². The van der Waals surface area contributed by atoms with Gasteiger partial charge in [0.25, 0.3) is 20.1 Å². The van der Waals surface area contributed by atoms with Gasteiger partial charge in [0.05, 0.1) is 0 Å². The van der Waals surface area contributed by atoms with Crippen molar-refractivity contribution in [1.29, 1.82) is 0 Å². The van der Waals surface area contributed by atoms with Crippen LogP contribution in [-0.2, 0) is 0 Å². The van der Waals surface area contributed by atoms with E-state index in [2.05, 4.69) is 271 Å². The van der Waals surface area contributed by atoms with E-state index >= 15 is 0 Å². The molecule has 6 aliphatic heterocycles. The van der Waals surface area contributed by atoms with E-state index in [0.717, 1.165) is 90.5 Å². The smallest absolute Gasteiger partial charge is 0.256 e. The molecule has 6 aliphatic rings. The highest BCUT2D eigenvalue weighted by Gasteiger charge is 2.50. The average Bonchev–Trinajstić information content (AvgIpc) is 3.55. The van der Waals surface area contributed by atoms with Crippen LogP contribution in [0.4, 0.5) is 68.2 Å². The molecular weight excluding hydrogens is 949 g/mol. The molecule has 364 valence electrons. The molecule has 0 fully saturated rings. The van der Waals surface area contributed by atoms with E-state index in [4.69, 9.17) is 9.47 Å². The molecule has 0 amide bonds. The summed E-state index contributed by atoms with van der Waals surface area (Å²) in [5, 5.41) is 0. The fraction of sp³-hybridized carbons (Fsp3) is 0.0435. The third-order valence-electron chi connectivity index (χ3n) is 17.2. The third kappa shape index (κ3) is 6.07. The molecule has 0 radical (unpaired) electrons. The number of anilines is 12. The summed E-state index contributed by atoms with van der Waals surface area (Å²) >= 11 is 0.